The Kier molecular flexibility index (Phi) is 3.83. The molecule has 1 atom stereocenters. The minimum absolute atomic E-state index is 0.0833. The Morgan fingerprint density at radius 3 is 2.80 bits per heavy atom. The number of rotatable bonds is 5. The Morgan fingerprint density at radius 1 is 1.67 bits per heavy atom. The van der Waals surface area contributed by atoms with Gasteiger partial charge in [-0.3, -0.25) is 0 Å². The molecule has 4 N–H and O–H groups in total. The average Bonchev–Trinajstić information content (AvgIpc) is 2.63. The van der Waals surface area contributed by atoms with Crippen molar-refractivity contribution in [2.45, 2.75) is 31.3 Å². The summed E-state index contributed by atoms with van der Waals surface area (Å²) in [6.07, 6.45) is 1.98. The molecular formula is C8H16N4O2S. The van der Waals surface area contributed by atoms with Gasteiger partial charge in [-0.05, 0) is 6.92 Å². The Hall–Kier alpha value is -0.920. The zero-order valence-corrected chi connectivity index (χ0v) is 9.63. The van der Waals surface area contributed by atoms with Gasteiger partial charge in [0.15, 0.2) is 5.03 Å². The lowest BCUT2D eigenvalue weighted by Gasteiger charge is -2.06. The molecule has 1 unspecified atom stereocenters. The third-order valence-corrected chi connectivity index (χ3v) is 3.16. The van der Waals surface area contributed by atoms with Crippen molar-refractivity contribution in [3.05, 3.63) is 12.0 Å². The van der Waals surface area contributed by atoms with Gasteiger partial charge in [-0.2, -0.15) is 0 Å². The monoisotopic (exact) mass is 232 g/mol. The summed E-state index contributed by atoms with van der Waals surface area (Å²) in [7, 11) is -3.49. The molecule has 0 aliphatic heterocycles. The van der Waals surface area contributed by atoms with E-state index < -0.39 is 10.0 Å². The van der Waals surface area contributed by atoms with Gasteiger partial charge in [0.1, 0.15) is 5.82 Å². The summed E-state index contributed by atoms with van der Waals surface area (Å²) in [6.45, 7) is 3.83. The first-order valence-electron chi connectivity index (χ1n) is 4.75. The fourth-order valence-electron chi connectivity index (χ4n) is 0.978. The fourth-order valence-corrected chi connectivity index (χ4v) is 2.06. The first-order chi connectivity index (χ1) is 6.95. The van der Waals surface area contributed by atoms with E-state index in [0.717, 1.165) is 0 Å². The topological polar surface area (TPSA) is 101 Å². The van der Waals surface area contributed by atoms with Crippen LogP contribution in [0.25, 0.3) is 0 Å². The largest absolute Gasteiger partial charge is 0.332 e. The highest BCUT2D eigenvalue weighted by Gasteiger charge is 2.16. The molecule has 0 amide bonds. The first-order valence-corrected chi connectivity index (χ1v) is 6.23. The van der Waals surface area contributed by atoms with Crippen molar-refractivity contribution >= 4 is 10.0 Å². The van der Waals surface area contributed by atoms with Crippen LogP contribution in [0.5, 0.6) is 0 Å². The second-order valence-electron chi connectivity index (χ2n) is 3.38. The Balaban J connectivity index is 2.77. The minimum atomic E-state index is -3.49. The van der Waals surface area contributed by atoms with Gasteiger partial charge >= 0.3 is 0 Å². The lowest BCUT2D eigenvalue weighted by atomic mass is 10.4. The number of nitrogens with one attached hydrogen (secondary N) is 2. The van der Waals surface area contributed by atoms with Crippen LogP contribution in [0.4, 0.5) is 0 Å². The number of nitrogens with two attached hydrogens (primary N) is 1. The lowest BCUT2D eigenvalue weighted by Crippen LogP contribution is -2.35. The molecule has 0 bridgehead atoms. The van der Waals surface area contributed by atoms with E-state index in [2.05, 4.69) is 14.7 Å². The van der Waals surface area contributed by atoms with Crippen LogP contribution >= 0.6 is 0 Å². The molecule has 0 aliphatic carbocycles. The molecule has 6 nitrogen and oxygen atoms in total. The smallest absolute Gasteiger partial charge is 0.257 e. The SMILES string of the molecule is CCc1ncc(S(=O)(=O)NCC(C)N)[nH]1. The van der Waals surface area contributed by atoms with Crippen molar-refractivity contribution < 1.29 is 8.42 Å². The average molecular weight is 232 g/mol. The van der Waals surface area contributed by atoms with Crippen LogP contribution in [0.1, 0.15) is 19.7 Å². The van der Waals surface area contributed by atoms with Gasteiger partial charge in [-0.1, -0.05) is 6.92 Å². The van der Waals surface area contributed by atoms with E-state index in [-0.39, 0.29) is 17.6 Å². The molecular weight excluding hydrogens is 216 g/mol. The number of aromatic nitrogens is 2. The summed E-state index contributed by atoms with van der Waals surface area (Å²) in [5.74, 6) is 0.649. The van der Waals surface area contributed by atoms with Crippen molar-refractivity contribution in [2.24, 2.45) is 5.73 Å². The van der Waals surface area contributed by atoms with E-state index in [1.54, 1.807) is 6.92 Å². The lowest BCUT2D eigenvalue weighted by molar-refractivity contribution is 0.570. The van der Waals surface area contributed by atoms with Crippen LogP contribution in [0.15, 0.2) is 11.2 Å². The predicted octanol–water partition coefficient (Wildman–Crippen LogP) is -0.402. The van der Waals surface area contributed by atoms with E-state index in [1.807, 2.05) is 6.92 Å². The summed E-state index contributed by atoms with van der Waals surface area (Å²) < 4.78 is 25.6. The van der Waals surface area contributed by atoms with Gasteiger partial charge < -0.3 is 10.7 Å². The third-order valence-electron chi connectivity index (χ3n) is 1.82. The molecule has 86 valence electrons. The predicted molar refractivity (Wildman–Crippen MR) is 56.8 cm³/mol. The van der Waals surface area contributed by atoms with Gasteiger partial charge in [-0.15, -0.1) is 0 Å². The number of sulfonamides is 1. The van der Waals surface area contributed by atoms with E-state index in [9.17, 15) is 8.42 Å². The van der Waals surface area contributed by atoms with Crippen molar-refractivity contribution in [3.63, 3.8) is 0 Å². The van der Waals surface area contributed by atoms with Gasteiger partial charge in [0.2, 0.25) is 0 Å². The Bertz CT molecular complexity index is 410. The maximum atomic E-state index is 11.6. The number of hydrogen-bond donors (Lipinski definition) is 3. The van der Waals surface area contributed by atoms with Crippen LogP contribution in [0.2, 0.25) is 0 Å². The van der Waals surface area contributed by atoms with Crippen LogP contribution < -0.4 is 10.5 Å². The Labute approximate surface area is 89.3 Å². The summed E-state index contributed by atoms with van der Waals surface area (Å²) in [4.78, 5) is 6.65. The molecule has 1 rings (SSSR count). The molecule has 0 saturated carbocycles. The van der Waals surface area contributed by atoms with Crippen molar-refractivity contribution in [2.75, 3.05) is 6.54 Å². The second kappa shape index (κ2) is 4.73. The van der Waals surface area contributed by atoms with Gasteiger partial charge in [0, 0.05) is 19.0 Å². The molecule has 0 radical (unpaired) electrons. The molecule has 1 heterocycles. The molecule has 7 heteroatoms. The van der Waals surface area contributed by atoms with Gasteiger partial charge in [-0.25, -0.2) is 18.1 Å². The molecule has 0 aromatic carbocycles. The Morgan fingerprint density at radius 2 is 2.33 bits per heavy atom. The van der Waals surface area contributed by atoms with Crippen LogP contribution in [0, 0.1) is 0 Å². The standard InChI is InChI=1S/C8H16N4O2S/c1-3-7-10-5-8(12-7)15(13,14)11-4-6(2)9/h5-6,11H,3-4,9H2,1-2H3,(H,10,12). The van der Waals surface area contributed by atoms with Crippen LogP contribution in [-0.4, -0.2) is 31.0 Å². The fraction of sp³-hybridized carbons (Fsp3) is 0.625. The number of aryl methyl sites for hydroxylation is 1. The zero-order chi connectivity index (χ0) is 11.5. The van der Waals surface area contributed by atoms with Crippen LogP contribution in [-0.2, 0) is 16.4 Å². The number of hydrogen-bond acceptors (Lipinski definition) is 4. The van der Waals surface area contributed by atoms with Crippen molar-refractivity contribution in [1.82, 2.24) is 14.7 Å². The summed E-state index contributed by atoms with van der Waals surface area (Å²) in [6, 6.07) is -0.214. The minimum Gasteiger partial charge on any atom is -0.332 e. The number of nitrogens with zero attached hydrogens (tertiary/aromatic N) is 1. The molecule has 1 aromatic heterocycles. The number of imidazole rings is 1. The normalized spacial score (nSPS) is 14.1. The molecule has 0 aliphatic rings. The molecule has 0 saturated heterocycles. The van der Waals surface area contributed by atoms with Crippen molar-refractivity contribution in [1.29, 1.82) is 0 Å². The summed E-state index contributed by atoms with van der Waals surface area (Å²) >= 11 is 0. The second-order valence-corrected chi connectivity index (χ2v) is 5.11. The summed E-state index contributed by atoms with van der Waals surface area (Å²) in [5, 5.41) is 0.0833. The highest BCUT2D eigenvalue weighted by molar-refractivity contribution is 7.89. The number of aromatic amines is 1. The van der Waals surface area contributed by atoms with Gasteiger partial charge in [0.05, 0.1) is 6.20 Å². The van der Waals surface area contributed by atoms with Crippen molar-refractivity contribution in [3.8, 4) is 0 Å². The maximum absolute atomic E-state index is 11.6. The van der Waals surface area contributed by atoms with E-state index in [4.69, 9.17) is 5.73 Å². The highest BCUT2D eigenvalue weighted by Crippen LogP contribution is 2.05. The maximum Gasteiger partial charge on any atom is 0.257 e. The van der Waals surface area contributed by atoms with E-state index >= 15 is 0 Å². The van der Waals surface area contributed by atoms with Crippen LogP contribution in [0.3, 0.4) is 0 Å². The molecule has 15 heavy (non-hydrogen) atoms. The molecule has 1 aromatic rings. The summed E-state index contributed by atoms with van der Waals surface area (Å²) in [5.41, 5.74) is 5.46. The van der Waals surface area contributed by atoms with Gasteiger partial charge in [0.25, 0.3) is 10.0 Å². The van der Waals surface area contributed by atoms with E-state index in [0.29, 0.717) is 12.2 Å². The molecule has 0 fully saturated rings. The quantitative estimate of drug-likeness (QED) is 0.642. The molecule has 0 spiro atoms. The van der Waals surface area contributed by atoms with E-state index in [1.165, 1.54) is 6.20 Å². The third kappa shape index (κ3) is 3.29. The highest BCUT2D eigenvalue weighted by atomic mass is 32.2. The first kappa shape index (κ1) is 12.2. The zero-order valence-electron chi connectivity index (χ0n) is 8.82. The number of H-pyrrole nitrogens is 1.